The smallest absolute Gasteiger partial charge is 0.118 e. The normalized spacial score (nSPS) is 42.5. The van der Waals surface area contributed by atoms with Gasteiger partial charge in [0, 0.05) is 12.0 Å². The van der Waals surface area contributed by atoms with Crippen molar-refractivity contribution in [1.82, 2.24) is 4.90 Å². The number of benzene rings is 1. The fraction of sp³-hybridized carbons (Fsp3) is 0.812. The second-order valence-corrected chi connectivity index (χ2v) is 13.3. The number of fused-ring (bicyclic) bond motifs is 5. The molecule has 4 nitrogen and oxygen atoms in total. The fourth-order valence-corrected chi connectivity index (χ4v) is 10.2. The highest BCUT2D eigenvalue weighted by atomic mass is 16.5. The topological polar surface area (TPSA) is 41.9 Å². The van der Waals surface area contributed by atoms with Crippen LogP contribution in [0.1, 0.15) is 95.5 Å². The molecule has 1 heterocycles. The second kappa shape index (κ2) is 9.89. The Morgan fingerprint density at radius 3 is 2.47 bits per heavy atom. The van der Waals surface area contributed by atoms with Gasteiger partial charge in [-0.1, -0.05) is 31.9 Å². The van der Waals surface area contributed by atoms with Gasteiger partial charge < -0.3 is 19.5 Å². The van der Waals surface area contributed by atoms with Crippen molar-refractivity contribution in [2.24, 2.45) is 28.6 Å². The number of likely N-dealkylation sites (tertiary alicyclic amines) is 1. The molecule has 200 valence electrons. The molecule has 0 bridgehead atoms. The minimum absolute atomic E-state index is 0.175. The van der Waals surface area contributed by atoms with Gasteiger partial charge in [0.25, 0.3) is 0 Å². The Labute approximate surface area is 219 Å². The quantitative estimate of drug-likeness (QED) is 0.443. The number of methoxy groups -OCH3 is 1. The number of hydrogen-bond acceptors (Lipinski definition) is 4. The zero-order chi connectivity index (χ0) is 24.8. The van der Waals surface area contributed by atoms with Crippen molar-refractivity contribution >= 4 is 0 Å². The van der Waals surface area contributed by atoms with E-state index >= 15 is 0 Å². The van der Waals surface area contributed by atoms with E-state index in [1.807, 2.05) is 0 Å². The van der Waals surface area contributed by atoms with Gasteiger partial charge in [-0.05, 0) is 124 Å². The summed E-state index contributed by atoms with van der Waals surface area (Å²) in [6.45, 7) is 7.57. The van der Waals surface area contributed by atoms with E-state index < -0.39 is 5.60 Å². The van der Waals surface area contributed by atoms with Crippen molar-refractivity contribution in [3.63, 3.8) is 0 Å². The van der Waals surface area contributed by atoms with E-state index in [1.54, 1.807) is 7.11 Å². The summed E-state index contributed by atoms with van der Waals surface area (Å²) in [5, 5.41) is 12.9. The predicted octanol–water partition coefficient (Wildman–Crippen LogP) is 6.42. The van der Waals surface area contributed by atoms with Crippen LogP contribution in [0.4, 0.5) is 0 Å². The van der Waals surface area contributed by atoms with Crippen LogP contribution in [0, 0.1) is 28.6 Å². The summed E-state index contributed by atoms with van der Waals surface area (Å²) in [6, 6.07) is 8.72. The van der Waals surface area contributed by atoms with Gasteiger partial charge in [-0.3, -0.25) is 0 Å². The molecule has 4 aliphatic carbocycles. The third-order valence-electron chi connectivity index (χ3n) is 12.1. The van der Waals surface area contributed by atoms with E-state index in [2.05, 4.69) is 36.1 Å². The molecule has 7 atom stereocenters. The molecular formula is C32H49NO3. The average molecular weight is 496 g/mol. The summed E-state index contributed by atoms with van der Waals surface area (Å²) >= 11 is 0. The molecule has 1 aromatic rings. The lowest BCUT2D eigenvalue weighted by atomic mass is 9.43. The van der Waals surface area contributed by atoms with Crippen LogP contribution in [-0.2, 0) is 4.74 Å². The van der Waals surface area contributed by atoms with E-state index in [0.717, 1.165) is 44.1 Å². The van der Waals surface area contributed by atoms with Crippen molar-refractivity contribution < 1.29 is 14.6 Å². The Morgan fingerprint density at radius 1 is 0.889 bits per heavy atom. The number of ether oxygens (including phenoxy) is 2. The molecule has 1 saturated heterocycles. The second-order valence-electron chi connectivity index (χ2n) is 13.3. The molecule has 4 heteroatoms. The lowest BCUT2D eigenvalue weighted by Gasteiger charge is -2.64. The molecule has 5 aliphatic rings. The van der Waals surface area contributed by atoms with Crippen LogP contribution in [-0.4, -0.2) is 55.6 Å². The van der Waals surface area contributed by atoms with Gasteiger partial charge in [0.1, 0.15) is 5.75 Å². The summed E-state index contributed by atoms with van der Waals surface area (Å²) in [5.74, 6) is 3.25. The molecule has 1 aromatic carbocycles. The summed E-state index contributed by atoms with van der Waals surface area (Å²) < 4.78 is 12.1. The highest BCUT2D eigenvalue weighted by Gasteiger charge is 2.68. The van der Waals surface area contributed by atoms with Crippen LogP contribution in [0.25, 0.3) is 0 Å². The van der Waals surface area contributed by atoms with Crippen molar-refractivity contribution in [3.8, 4) is 5.75 Å². The van der Waals surface area contributed by atoms with Crippen LogP contribution < -0.4 is 4.74 Å². The molecule has 36 heavy (non-hydrogen) atoms. The molecule has 4 saturated carbocycles. The predicted molar refractivity (Wildman–Crippen MR) is 144 cm³/mol. The molecule has 0 aromatic heterocycles. The zero-order valence-corrected chi connectivity index (χ0v) is 22.9. The van der Waals surface area contributed by atoms with Crippen molar-refractivity contribution in [1.29, 1.82) is 0 Å². The fourth-order valence-electron chi connectivity index (χ4n) is 10.2. The van der Waals surface area contributed by atoms with E-state index in [-0.39, 0.29) is 5.41 Å². The Morgan fingerprint density at radius 2 is 1.69 bits per heavy atom. The molecular weight excluding hydrogens is 446 g/mol. The summed E-state index contributed by atoms with van der Waals surface area (Å²) in [5.41, 5.74) is 1.01. The maximum absolute atomic E-state index is 12.9. The number of hydrogen-bond donors (Lipinski definition) is 1. The third-order valence-corrected chi connectivity index (χ3v) is 12.1. The van der Waals surface area contributed by atoms with Crippen LogP contribution in [0.15, 0.2) is 24.3 Å². The maximum Gasteiger partial charge on any atom is 0.118 e. The van der Waals surface area contributed by atoms with Gasteiger partial charge in [-0.25, -0.2) is 0 Å². The third kappa shape index (κ3) is 3.96. The lowest BCUT2D eigenvalue weighted by molar-refractivity contribution is -0.220. The Hall–Kier alpha value is -1.10. The first kappa shape index (κ1) is 25.2. The van der Waals surface area contributed by atoms with E-state index in [9.17, 15) is 5.11 Å². The number of nitrogens with zero attached hydrogens (tertiary/aromatic N) is 1. The number of aliphatic hydroxyl groups is 1. The highest BCUT2D eigenvalue weighted by Crippen LogP contribution is 2.70. The van der Waals surface area contributed by atoms with Crippen molar-refractivity contribution in [3.05, 3.63) is 29.8 Å². The van der Waals surface area contributed by atoms with Gasteiger partial charge in [-0.15, -0.1) is 0 Å². The maximum atomic E-state index is 12.9. The first-order valence-electron chi connectivity index (χ1n) is 15.2. The molecule has 0 amide bonds. The minimum atomic E-state index is -0.612. The Balaban J connectivity index is 1.29. The van der Waals surface area contributed by atoms with Gasteiger partial charge in [0.2, 0.25) is 0 Å². The first-order valence-corrected chi connectivity index (χ1v) is 15.2. The summed E-state index contributed by atoms with van der Waals surface area (Å²) in [7, 11) is 1.74. The summed E-state index contributed by atoms with van der Waals surface area (Å²) in [6.07, 6.45) is 15.1. The minimum Gasteiger partial charge on any atom is -0.497 e. The van der Waals surface area contributed by atoms with E-state index in [1.165, 1.54) is 76.4 Å². The lowest BCUT2D eigenvalue weighted by Crippen LogP contribution is -2.63. The average Bonchev–Trinajstić information content (AvgIpc) is 3.52. The Bertz CT molecular complexity index is 897. The highest BCUT2D eigenvalue weighted by molar-refractivity contribution is 5.34. The van der Waals surface area contributed by atoms with Crippen LogP contribution in [0.2, 0.25) is 0 Å². The molecule has 0 radical (unpaired) electrons. The van der Waals surface area contributed by atoms with Crippen LogP contribution in [0.3, 0.4) is 0 Å². The molecule has 1 N–H and O–H groups in total. The van der Waals surface area contributed by atoms with Crippen LogP contribution in [0.5, 0.6) is 5.75 Å². The zero-order valence-electron chi connectivity index (χ0n) is 22.9. The van der Waals surface area contributed by atoms with Gasteiger partial charge in [-0.2, -0.15) is 0 Å². The van der Waals surface area contributed by atoms with Crippen LogP contribution >= 0.6 is 0 Å². The SMILES string of the molecule is COc1ccc([C@H]2CC[C@]3(O)[C@@H]4CC[C@@H]5CCCC[C@]5(C)[C@H]4CC[C@]23COCCN2CCCC2)cc1. The molecule has 0 spiro atoms. The van der Waals surface area contributed by atoms with Crippen molar-refractivity contribution in [2.75, 3.05) is 40.0 Å². The summed E-state index contributed by atoms with van der Waals surface area (Å²) in [4.78, 5) is 2.54. The van der Waals surface area contributed by atoms with Gasteiger partial charge in [0.15, 0.2) is 0 Å². The Kier molecular flexibility index (Phi) is 6.92. The molecule has 1 aliphatic heterocycles. The van der Waals surface area contributed by atoms with E-state index in [4.69, 9.17) is 9.47 Å². The standard InChI is InChI=1S/C32H49NO3/c1-30-16-4-3-7-25(30)10-13-29-28(30)14-17-31(23-36-22-21-33-19-5-6-20-33)27(15-18-32(29,31)34)24-8-11-26(35-2)12-9-24/h8-9,11-12,25,27-29,34H,3-7,10,13-23H2,1-2H3/t25-,27+,28-,29+,30-,31-,32-/m0/s1. The molecule has 6 rings (SSSR count). The molecule has 0 unspecified atom stereocenters. The molecule has 5 fully saturated rings. The van der Waals surface area contributed by atoms with Crippen molar-refractivity contribution in [2.45, 2.75) is 95.5 Å². The van der Waals surface area contributed by atoms with Gasteiger partial charge >= 0.3 is 0 Å². The van der Waals surface area contributed by atoms with Gasteiger partial charge in [0.05, 0.1) is 25.9 Å². The number of rotatable bonds is 7. The monoisotopic (exact) mass is 495 g/mol. The largest absolute Gasteiger partial charge is 0.497 e. The van der Waals surface area contributed by atoms with E-state index in [0.29, 0.717) is 29.8 Å². The first-order chi connectivity index (χ1) is 17.5.